The molecule has 1 unspecified atom stereocenters. The van der Waals surface area contributed by atoms with Crippen molar-refractivity contribution in [3.05, 3.63) is 23.9 Å². The van der Waals surface area contributed by atoms with Gasteiger partial charge >= 0.3 is 0 Å². The summed E-state index contributed by atoms with van der Waals surface area (Å²) in [6.07, 6.45) is 4.47. The van der Waals surface area contributed by atoms with E-state index in [4.69, 9.17) is 0 Å². The van der Waals surface area contributed by atoms with Gasteiger partial charge in [-0.2, -0.15) is 0 Å². The van der Waals surface area contributed by atoms with Crippen molar-refractivity contribution in [2.45, 2.75) is 25.4 Å². The van der Waals surface area contributed by atoms with Gasteiger partial charge in [-0.3, -0.25) is 0 Å². The van der Waals surface area contributed by atoms with Gasteiger partial charge in [0.2, 0.25) is 0 Å². The Labute approximate surface area is 110 Å². The molecule has 0 aliphatic carbocycles. The van der Waals surface area contributed by atoms with Gasteiger partial charge in [-0.25, -0.2) is 4.98 Å². The Morgan fingerprint density at radius 2 is 2.33 bits per heavy atom. The quantitative estimate of drug-likeness (QED) is 0.852. The molecule has 0 saturated carbocycles. The van der Waals surface area contributed by atoms with E-state index in [1.165, 1.54) is 18.4 Å². The lowest BCUT2D eigenvalue weighted by Gasteiger charge is -2.28. The highest BCUT2D eigenvalue weighted by Gasteiger charge is 2.25. The van der Waals surface area contributed by atoms with Crippen LogP contribution in [0.2, 0.25) is 0 Å². The monoisotopic (exact) mass is 248 g/mol. The molecule has 18 heavy (non-hydrogen) atoms. The molecule has 0 spiro atoms. The van der Waals surface area contributed by atoms with Gasteiger partial charge in [0.15, 0.2) is 0 Å². The van der Waals surface area contributed by atoms with Crippen LogP contribution in [0.3, 0.4) is 0 Å². The van der Waals surface area contributed by atoms with Crippen molar-refractivity contribution in [2.24, 2.45) is 0 Å². The minimum absolute atomic E-state index is 0.609. The maximum Gasteiger partial charge on any atom is 0.129 e. The van der Waals surface area contributed by atoms with Crippen molar-refractivity contribution in [3.63, 3.8) is 0 Å². The van der Waals surface area contributed by atoms with Crippen LogP contribution < -0.4 is 10.2 Å². The van der Waals surface area contributed by atoms with Crippen LogP contribution in [-0.2, 0) is 6.54 Å². The predicted octanol–water partition coefficient (Wildman–Crippen LogP) is 1.33. The molecule has 1 N–H and O–H groups in total. The number of anilines is 1. The molecule has 0 aromatic carbocycles. The minimum atomic E-state index is 0.609. The van der Waals surface area contributed by atoms with Gasteiger partial charge < -0.3 is 15.1 Å². The van der Waals surface area contributed by atoms with Crippen molar-refractivity contribution in [3.8, 4) is 0 Å². The lowest BCUT2D eigenvalue weighted by molar-refractivity contribution is 0.371. The van der Waals surface area contributed by atoms with Crippen LogP contribution in [0.25, 0.3) is 0 Å². The molecule has 1 saturated heterocycles. The summed E-state index contributed by atoms with van der Waals surface area (Å²) in [4.78, 5) is 9.26. The highest BCUT2D eigenvalue weighted by Crippen LogP contribution is 2.24. The normalized spacial score (nSPS) is 19.8. The fourth-order valence-corrected chi connectivity index (χ4v) is 2.68. The molecule has 1 aromatic rings. The second kappa shape index (κ2) is 6.16. The van der Waals surface area contributed by atoms with Crippen LogP contribution in [0.4, 0.5) is 5.82 Å². The first kappa shape index (κ1) is 13.3. The molecule has 1 fully saturated rings. The Bertz CT molecular complexity index is 378. The zero-order chi connectivity index (χ0) is 13.0. The van der Waals surface area contributed by atoms with Crippen molar-refractivity contribution in [2.75, 3.05) is 39.1 Å². The summed E-state index contributed by atoms with van der Waals surface area (Å²) in [5, 5.41) is 3.19. The average molecular weight is 248 g/mol. The zero-order valence-corrected chi connectivity index (χ0v) is 11.7. The fourth-order valence-electron chi connectivity index (χ4n) is 2.68. The molecule has 0 radical (unpaired) electrons. The lowest BCUT2D eigenvalue weighted by Crippen LogP contribution is -2.38. The molecule has 4 heteroatoms. The van der Waals surface area contributed by atoms with Crippen LogP contribution in [0, 0.1) is 0 Å². The standard InChI is InChI=1S/C14H24N4/c1-15-10-12-6-7-16-14(9-12)18-8-4-5-13(18)11-17(2)3/h6-7,9,13,15H,4-5,8,10-11H2,1-3H3. The largest absolute Gasteiger partial charge is 0.352 e. The molecule has 0 bridgehead atoms. The number of hydrogen-bond acceptors (Lipinski definition) is 4. The summed E-state index contributed by atoms with van der Waals surface area (Å²) in [6, 6.07) is 4.90. The van der Waals surface area contributed by atoms with Gasteiger partial charge in [-0.1, -0.05) is 0 Å². The van der Waals surface area contributed by atoms with E-state index in [2.05, 4.69) is 46.3 Å². The van der Waals surface area contributed by atoms with Gasteiger partial charge in [-0.05, 0) is 51.7 Å². The van der Waals surface area contributed by atoms with Crippen molar-refractivity contribution < 1.29 is 0 Å². The van der Waals surface area contributed by atoms with Crippen LogP contribution in [-0.4, -0.2) is 50.2 Å². The molecule has 2 rings (SSSR count). The molecule has 100 valence electrons. The van der Waals surface area contributed by atoms with E-state index < -0.39 is 0 Å². The third-order valence-corrected chi connectivity index (χ3v) is 3.44. The first-order valence-electron chi connectivity index (χ1n) is 6.71. The van der Waals surface area contributed by atoms with E-state index in [0.717, 1.165) is 25.5 Å². The Balaban J connectivity index is 2.11. The van der Waals surface area contributed by atoms with E-state index in [9.17, 15) is 0 Å². The molecule has 2 heterocycles. The van der Waals surface area contributed by atoms with Gasteiger partial charge in [0.05, 0.1) is 0 Å². The number of nitrogens with one attached hydrogen (secondary N) is 1. The highest BCUT2D eigenvalue weighted by molar-refractivity contribution is 5.43. The summed E-state index contributed by atoms with van der Waals surface area (Å²) < 4.78 is 0. The van der Waals surface area contributed by atoms with E-state index in [0.29, 0.717) is 6.04 Å². The Hall–Kier alpha value is -1.13. The van der Waals surface area contributed by atoms with Crippen molar-refractivity contribution in [1.29, 1.82) is 0 Å². The highest BCUT2D eigenvalue weighted by atomic mass is 15.3. The molecule has 1 aliphatic heterocycles. The number of aromatic nitrogens is 1. The zero-order valence-electron chi connectivity index (χ0n) is 11.7. The molecule has 1 aromatic heterocycles. The van der Waals surface area contributed by atoms with Gasteiger partial charge in [-0.15, -0.1) is 0 Å². The Morgan fingerprint density at radius 1 is 1.50 bits per heavy atom. The first-order valence-corrected chi connectivity index (χ1v) is 6.71. The summed E-state index contributed by atoms with van der Waals surface area (Å²) in [7, 11) is 6.26. The van der Waals surface area contributed by atoms with E-state index in [1.807, 2.05) is 13.2 Å². The third kappa shape index (κ3) is 3.21. The first-order chi connectivity index (χ1) is 8.70. The van der Waals surface area contributed by atoms with E-state index >= 15 is 0 Å². The van der Waals surface area contributed by atoms with Crippen LogP contribution in [0.15, 0.2) is 18.3 Å². The number of nitrogens with zero attached hydrogens (tertiary/aromatic N) is 3. The van der Waals surface area contributed by atoms with E-state index in [1.54, 1.807) is 0 Å². The topological polar surface area (TPSA) is 31.4 Å². The van der Waals surface area contributed by atoms with Gasteiger partial charge in [0.25, 0.3) is 0 Å². The number of pyridine rings is 1. The second-order valence-corrected chi connectivity index (χ2v) is 5.30. The molecule has 4 nitrogen and oxygen atoms in total. The Kier molecular flexibility index (Phi) is 4.55. The van der Waals surface area contributed by atoms with Crippen molar-refractivity contribution >= 4 is 5.82 Å². The van der Waals surface area contributed by atoms with Crippen LogP contribution in [0.1, 0.15) is 18.4 Å². The van der Waals surface area contributed by atoms with Crippen LogP contribution >= 0.6 is 0 Å². The average Bonchev–Trinajstić information content (AvgIpc) is 2.77. The predicted molar refractivity (Wildman–Crippen MR) is 75.9 cm³/mol. The summed E-state index contributed by atoms with van der Waals surface area (Å²) in [5.74, 6) is 1.13. The lowest BCUT2D eigenvalue weighted by atomic mass is 10.2. The van der Waals surface area contributed by atoms with E-state index in [-0.39, 0.29) is 0 Å². The van der Waals surface area contributed by atoms with Gasteiger partial charge in [0, 0.05) is 31.9 Å². The maximum absolute atomic E-state index is 4.54. The van der Waals surface area contributed by atoms with Crippen molar-refractivity contribution in [1.82, 2.24) is 15.2 Å². The Morgan fingerprint density at radius 3 is 3.06 bits per heavy atom. The summed E-state index contributed by atoms with van der Waals surface area (Å²) >= 11 is 0. The minimum Gasteiger partial charge on any atom is -0.352 e. The number of rotatable bonds is 5. The summed E-state index contributed by atoms with van der Waals surface area (Å²) in [6.45, 7) is 3.15. The molecular weight excluding hydrogens is 224 g/mol. The second-order valence-electron chi connectivity index (χ2n) is 5.30. The molecule has 1 atom stereocenters. The molecular formula is C14H24N4. The number of hydrogen-bond donors (Lipinski definition) is 1. The third-order valence-electron chi connectivity index (χ3n) is 3.44. The fraction of sp³-hybridized carbons (Fsp3) is 0.643. The van der Waals surface area contributed by atoms with Crippen LogP contribution in [0.5, 0.6) is 0 Å². The number of likely N-dealkylation sites (N-methyl/N-ethyl adjacent to an activating group) is 1. The summed E-state index contributed by atoms with van der Waals surface area (Å²) in [5.41, 5.74) is 1.30. The molecule has 1 aliphatic rings. The van der Waals surface area contributed by atoms with Gasteiger partial charge in [0.1, 0.15) is 5.82 Å². The smallest absolute Gasteiger partial charge is 0.129 e. The molecule has 0 amide bonds. The maximum atomic E-state index is 4.54. The SMILES string of the molecule is CNCc1ccnc(N2CCCC2CN(C)C)c1.